The maximum absolute atomic E-state index is 5.91. The number of rotatable bonds is 3. The Bertz CT molecular complexity index is 783. The predicted octanol–water partition coefficient (Wildman–Crippen LogP) is 3.98. The number of aryl methyl sites for hydroxylation is 1. The lowest BCUT2D eigenvalue weighted by Gasteiger charge is -2.00. The minimum Gasteiger partial charge on any atom is -0.398 e. The molecule has 0 aliphatic carbocycles. The largest absolute Gasteiger partial charge is 0.398 e. The number of hydrogen-bond acceptors (Lipinski definition) is 4. The molecule has 0 saturated heterocycles. The second-order valence-electron chi connectivity index (χ2n) is 4.86. The zero-order chi connectivity index (χ0) is 14.8. The van der Waals surface area contributed by atoms with E-state index in [-0.39, 0.29) is 0 Å². The van der Waals surface area contributed by atoms with Crippen molar-refractivity contribution in [2.24, 2.45) is 0 Å². The molecule has 0 aliphatic heterocycles. The van der Waals surface area contributed by atoms with Crippen LogP contribution in [0.4, 0.5) is 5.69 Å². The Balaban J connectivity index is 1.86. The summed E-state index contributed by atoms with van der Waals surface area (Å²) >= 11 is 3.52. The summed E-state index contributed by atoms with van der Waals surface area (Å²) in [6.07, 6.45) is 0.617. The van der Waals surface area contributed by atoms with Crippen molar-refractivity contribution < 1.29 is 4.52 Å². The van der Waals surface area contributed by atoms with Crippen LogP contribution in [0.25, 0.3) is 11.5 Å². The zero-order valence-electron chi connectivity index (χ0n) is 11.5. The van der Waals surface area contributed by atoms with Crippen LogP contribution in [0.2, 0.25) is 0 Å². The molecule has 106 valence electrons. The molecule has 3 aromatic rings. The van der Waals surface area contributed by atoms with E-state index in [2.05, 4.69) is 26.1 Å². The summed E-state index contributed by atoms with van der Waals surface area (Å²) < 4.78 is 6.36. The second kappa shape index (κ2) is 5.69. The highest BCUT2D eigenvalue weighted by Crippen LogP contribution is 2.24. The summed E-state index contributed by atoms with van der Waals surface area (Å²) in [4.78, 5) is 4.43. The molecule has 2 N–H and O–H groups in total. The highest BCUT2D eigenvalue weighted by atomic mass is 79.9. The molecule has 1 heterocycles. The topological polar surface area (TPSA) is 64.9 Å². The zero-order valence-corrected chi connectivity index (χ0v) is 13.1. The monoisotopic (exact) mass is 343 g/mol. The van der Waals surface area contributed by atoms with E-state index in [1.807, 2.05) is 49.4 Å². The van der Waals surface area contributed by atoms with Gasteiger partial charge in [-0.25, -0.2) is 0 Å². The van der Waals surface area contributed by atoms with E-state index in [9.17, 15) is 0 Å². The summed E-state index contributed by atoms with van der Waals surface area (Å²) in [5.74, 6) is 1.14. The van der Waals surface area contributed by atoms with Gasteiger partial charge in [0.05, 0.1) is 0 Å². The molecular formula is C16H14BrN3O. The van der Waals surface area contributed by atoms with Gasteiger partial charge in [-0.15, -0.1) is 0 Å². The lowest BCUT2D eigenvalue weighted by atomic mass is 10.1. The predicted molar refractivity (Wildman–Crippen MR) is 85.8 cm³/mol. The Morgan fingerprint density at radius 1 is 1.19 bits per heavy atom. The van der Waals surface area contributed by atoms with Gasteiger partial charge >= 0.3 is 0 Å². The highest BCUT2D eigenvalue weighted by molar-refractivity contribution is 9.10. The van der Waals surface area contributed by atoms with Gasteiger partial charge in [0.25, 0.3) is 5.89 Å². The Hall–Kier alpha value is -2.14. The fraction of sp³-hybridized carbons (Fsp3) is 0.125. The van der Waals surface area contributed by atoms with E-state index in [1.165, 1.54) is 0 Å². The van der Waals surface area contributed by atoms with Gasteiger partial charge in [-0.1, -0.05) is 45.4 Å². The molecule has 5 heteroatoms. The summed E-state index contributed by atoms with van der Waals surface area (Å²) in [6, 6.07) is 13.7. The third-order valence-electron chi connectivity index (χ3n) is 3.30. The first-order valence-corrected chi connectivity index (χ1v) is 7.35. The average molecular weight is 344 g/mol. The molecule has 0 amide bonds. The Morgan fingerprint density at radius 2 is 2.00 bits per heavy atom. The number of aromatic nitrogens is 2. The van der Waals surface area contributed by atoms with Crippen LogP contribution in [0.1, 0.15) is 17.0 Å². The molecule has 0 spiro atoms. The Kier molecular flexibility index (Phi) is 3.75. The summed E-state index contributed by atoms with van der Waals surface area (Å²) in [5.41, 5.74) is 9.62. The lowest BCUT2D eigenvalue weighted by molar-refractivity contribution is 0.424. The molecule has 1 aromatic heterocycles. The minimum atomic E-state index is 0.490. The van der Waals surface area contributed by atoms with Crippen LogP contribution in [0, 0.1) is 6.92 Å². The van der Waals surface area contributed by atoms with Crippen LogP contribution in [0.15, 0.2) is 51.5 Å². The average Bonchev–Trinajstić information content (AvgIpc) is 2.93. The van der Waals surface area contributed by atoms with Crippen LogP contribution in [0.3, 0.4) is 0 Å². The lowest BCUT2D eigenvalue weighted by Crippen LogP contribution is -1.92. The summed E-state index contributed by atoms with van der Waals surface area (Å²) in [6.45, 7) is 1.96. The van der Waals surface area contributed by atoms with Gasteiger partial charge in [0, 0.05) is 22.1 Å². The number of benzene rings is 2. The van der Waals surface area contributed by atoms with Gasteiger partial charge in [0.15, 0.2) is 5.82 Å². The van der Waals surface area contributed by atoms with E-state index < -0.39 is 0 Å². The smallest absolute Gasteiger partial charge is 0.258 e. The molecule has 3 rings (SSSR count). The van der Waals surface area contributed by atoms with E-state index >= 15 is 0 Å². The third kappa shape index (κ3) is 2.97. The molecular weight excluding hydrogens is 330 g/mol. The van der Waals surface area contributed by atoms with Gasteiger partial charge < -0.3 is 10.3 Å². The highest BCUT2D eigenvalue weighted by Gasteiger charge is 2.11. The van der Waals surface area contributed by atoms with Crippen LogP contribution in [-0.2, 0) is 6.42 Å². The van der Waals surface area contributed by atoms with E-state index in [0.29, 0.717) is 18.1 Å². The maximum atomic E-state index is 5.91. The molecule has 0 saturated carbocycles. The molecule has 0 aliphatic rings. The van der Waals surface area contributed by atoms with Crippen molar-refractivity contribution in [3.63, 3.8) is 0 Å². The number of nitrogens with two attached hydrogens (primary N) is 1. The van der Waals surface area contributed by atoms with Gasteiger partial charge in [-0.2, -0.15) is 4.98 Å². The van der Waals surface area contributed by atoms with Crippen LogP contribution < -0.4 is 5.73 Å². The molecule has 21 heavy (non-hydrogen) atoms. The fourth-order valence-electron chi connectivity index (χ4n) is 2.03. The van der Waals surface area contributed by atoms with Gasteiger partial charge in [0.1, 0.15) is 0 Å². The number of hydrogen-bond donors (Lipinski definition) is 1. The molecule has 0 unspecified atom stereocenters. The normalized spacial score (nSPS) is 10.8. The maximum Gasteiger partial charge on any atom is 0.258 e. The van der Waals surface area contributed by atoms with E-state index in [4.69, 9.17) is 10.3 Å². The van der Waals surface area contributed by atoms with Crippen LogP contribution in [-0.4, -0.2) is 10.1 Å². The van der Waals surface area contributed by atoms with Crippen molar-refractivity contribution in [2.45, 2.75) is 13.3 Å². The fourth-order valence-corrected chi connectivity index (χ4v) is 2.45. The van der Waals surface area contributed by atoms with Crippen LogP contribution >= 0.6 is 15.9 Å². The Morgan fingerprint density at radius 3 is 2.76 bits per heavy atom. The number of halogens is 1. The first kappa shape index (κ1) is 13.8. The molecule has 2 aromatic carbocycles. The molecule has 0 fully saturated rings. The van der Waals surface area contributed by atoms with Crippen molar-refractivity contribution in [3.8, 4) is 11.5 Å². The van der Waals surface area contributed by atoms with E-state index in [1.54, 1.807) is 0 Å². The molecule has 0 radical (unpaired) electrons. The van der Waals surface area contributed by atoms with Crippen molar-refractivity contribution in [2.75, 3.05) is 5.73 Å². The van der Waals surface area contributed by atoms with Crippen molar-refractivity contribution >= 4 is 21.6 Å². The standard InChI is InChI=1S/C16H14BrN3O/c1-10-6-7-12(8-14(10)18)16-19-15(20-21-16)9-11-4-2-3-5-13(11)17/h2-8H,9,18H2,1H3. The first-order valence-electron chi connectivity index (χ1n) is 6.56. The Labute approximate surface area is 131 Å². The first-order chi connectivity index (χ1) is 10.1. The number of anilines is 1. The second-order valence-corrected chi connectivity index (χ2v) is 5.71. The van der Waals surface area contributed by atoms with E-state index in [0.717, 1.165) is 26.9 Å². The third-order valence-corrected chi connectivity index (χ3v) is 4.07. The molecule has 0 atom stereocenters. The van der Waals surface area contributed by atoms with Crippen molar-refractivity contribution in [1.29, 1.82) is 0 Å². The minimum absolute atomic E-state index is 0.490. The summed E-state index contributed by atoms with van der Waals surface area (Å²) in [7, 11) is 0. The number of nitrogens with zero attached hydrogens (tertiary/aromatic N) is 2. The van der Waals surface area contributed by atoms with Crippen LogP contribution in [0.5, 0.6) is 0 Å². The quantitative estimate of drug-likeness (QED) is 0.730. The number of nitrogen functional groups attached to an aromatic ring is 1. The van der Waals surface area contributed by atoms with Gasteiger partial charge in [0.2, 0.25) is 0 Å². The van der Waals surface area contributed by atoms with Crippen molar-refractivity contribution in [3.05, 3.63) is 63.9 Å². The van der Waals surface area contributed by atoms with Gasteiger partial charge in [-0.3, -0.25) is 0 Å². The SMILES string of the molecule is Cc1ccc(-c2nc(Cc3ccccc3Br)no2)cc1N. The summed E-state index contributed by atoms with van der Waals surface area (Å²) in [5, 5.41) is 4.03. The van der Waals surface area contributed by atoms with Crippen molar-refractivity contribution in [1.82, 2.24) is 10.1 Å². The molecule has 0 bridgehead atoms. The van der Waals surface area contributed by atoms with Gasteiger partial charge in [-0.05, 0) is 36.2 Å². The molecule has 4 nitrogen and oxygen atoms in total.